The molecule has 3 atom stereocenters. The van der Waals surface area contributed by atoms with Crippen molar-refractivity contribution in [2.24, 2.45) is 5.92 Å². The lowest BCUT2D eigenvalue weighted by Gasteiger charge is -2.34. The van der Waals surface area contributed by atoms with Gasteiger partial charge in [0.05, 0.1) is 11.7 Å². The van der Waals surface area contributed by atoms with Gasteiger partial charge in [-0.05, 0) is 74.1 Å². The third-order valence-electron chi connectivity index (χ3n) is 7.06. The molecule has 0 spiro atoms. The predicted molar refractivity (Wildman–Crippen MR) is 154 cm³/mol. The second-order valence-corrected chi connectivity index (χ2v) is 11.0. The van der Waals surface area contributed by atoms with Crippen LogP contribution in [-0.4, -0.2) is 64.1 Å². The van der Waals surface area contributed by atoms with Gasteiger partial charge in [0.1, 0.15) is 12.1 Å². The zero-order chi connectivity index (χ0) is 28.5. The average Bonchev–Trinajstić information content (AvgIpc) is 2.91. The Labute approximate surface area is 231 Å². The van der Waals surface area contributed by atoms with Crippen molar-refractivity contribution in [1.29, 1.82) is 0 Å². The third kappa shape index (κ3) is 8.60. The Morgan fingerprint density at radius 1 is 1.15 bits per heavy atom. The lowest BCUT2D eigenvalue weighted by molar-refractivity contribution is -0.148. The van der Waals surface area contributed by atoms with Crippen LogP contribution >= 0.6 is 0 Å². The van der Waals surface area contributed by atoms with E-state index in [1.54, 1.807) is 6.92 Å². The highest BCUT2D eigenvalue weighted by atomic mass is 16.4. The summed E-state index contributed by atoms with van der Waals surface area (Å²) in [5, 5.41) is 19.0. The molecular formula is C30H43N5O4. The molecule has 1 aromatic carbocycles. The average molecular weight is 538 g/mol. The summed E-state index contributed by atoms with van der Waals surface area (Å²) >= 11 is 0. The molecule has 2 aromatic rings. The Bertz CT molecular complexity index is 1180. The zero-order valence-electron chi connectivity index (χ0n) is 23.7. The lowest BCUT2D eigenvalue weighted by Crippen LogP contribution is -2.60. The number of hydrazine groups is 1. The topological polar surface area (TPSA) is 124 Å². The van der Waals surface area contributed by atoms with Gasteiger partial charge in [0, 0.05) is 18.1 Å². The molecule has 0 radical (unpaired) electrons. The van der Waals surface area contributed by atoms with E-state index in [4.69, 9.17) is 0 Å². The number of hydrogen-bond donors (Lipinski definition) is 4. The quantitative estimate of drug-likeness (QED) is 0.303. The molecule has 1 aliphatic rings. The van der Waals surface area contributed by atoms with Crippen molar-refractivity contribution >= 4 is 34.6 Å². The molecule has 2 amide bonds. The molecule has 4 N–H and O–H groups in total. The Kier molecular flexibility index (Phi) is 11.0. The molecule has 39 heavy (non-hydrogen) atoms. The molecule has 212 valence electrons. The Balaban J connectivity index is 1.46. The van der Waals surface area contributed by atoms with Gasteiger partial charge >= 0.3 is 5.97 Å². The first-order valence-electron chi connectivity index (χ1n) is 14.0. The number of allylic oxidation sites excluding steroid dienone is 1. The van der Waals surface area contributed by atoms with E-state index >= 15 is 0 Å². The van der Waals surface area contributed by atoms with Gasteiger partial charge in [-0.25, -0.2) is 5.43 Å². The largest absolute Gasteiger partial charge is 0.480 e. The number of rotatable bonds is 12. The maximum atomic E-state index is 13.0. The molecule has 0 aliphatic carbocycles. The van der Waals surface area contributed by atoms with Gasteiger partial charge < -0.3 is 15.7 Å². The van der Waals surface area contributed by atoms with Crippen LogP contribution in [-0.2, 0) is 14.4 Å². The molecule has 0 bridgehead atoms. The van der Waals surface area contributed by atoms with Crippen LogP contribution in [0.3, 0.4) is 0 Å². The van der Waals surface area contributed by atoms with Gasteiger partial charge in [-0.3, -0.25) is 24.4 Å². The number of benzene rings is 1. The van der Waals surface area contributed by atoms with Gasteiger partial charge in [-0.1, -0.05) is 52.0 Å². The van der Waals surface area contributed by atoms with Crippen LogP contribution in [0.1, 0.15) is 77.5 Å². The van der Waals surface area contributed by atoms with Gasteiger partial charge in [0.2, 0.25) is 5.91 Å². The Morgan fingerprint density at radius 3 is 2.62 bits per heavy atom. The van der Waals surface area contributed by atoms with E-state index in [9.17, 15) is 19.5 Å². The van der Waals surface area contributed by atoms with Crippen LogP contribution in [0.15, 0.2) is 36.5 Å². The number of unbranched alkanes of at least 4 members (excludes halogenated alkanes) is 1. The third-order valence-corrected chi connectivity index (χ3v) is 7.06. The standard InChI is InChI=1S/C30H43N5O4/c1-19(2)22-12-13-23-18-32-25(17-24(23)16-22)10-7-6-8-14-31-27(20(3)4)28(36)33-21(5)29(37)35-15-9-11-26(34-35)30(38)39/h7,10,12-13,16-21,26-27,31,34H,6,8-9,11,14-15H2,1-5H3,(H,33,36)(H,38,39). The smallest absolute Gasteiger partial charge is 0.322 e. The van der Waals surface area contributed by atoms with E-state index in [1.807, 2.05) is 26.1 Å². The summed E-state index contributed by atoms with van der Waals surface area (Å²) in [7, 11) is 0. The fourth-order valence-electron chi connectivity index (χ4n) is 4.66. The summed E-state index contributed by atoms with van der Waals surface area (Å²) < 4.78 is 0. The first-order chi connectivity index (χ1) is 18.6. The van der Waals surface area contributed by atoms with Crippen LogP contribution in [0.25, 0.3) is 16.8 Å². The maximum Gasteiger partial charge on any atom is 0.322 e. The number of carboxylic acid groups (broad SMARTS) is 1. The van der Waals surface area contributed by atoms with Crippen molar-refractivity contribution in [3.8, 4) is 0 Å². The van der Waals surface area contributed by atoms with E-state index in [1.165, 1.54) is 16.0 Å². The Hall–Kier alpha value is -3.30. The van der Waals surface area contributed by atoms with Crippen LogP contribution in [0.2, 0.25) is 0 Å². The normalized spacial score (nSPS) is 17.6. The number of aromatic nitrogens is 1. The van der Waals surface area contributed by atoms with Crippen LogP contribution in [0, 0.1) is 5.92 Å². The molecule has 9 heteroatoms. The molecule has 1 aliphatic heterocycles. The molecule has 2 heterocycles. The van der Waals surface area contributed by atoms with E-state index in [0.29, 0.717) is 31.8 Å². The van der Waals surface area contributed by atoms with Crippen LogP contribution in [0.5, 0.6) is 0 Å². The van der Waals surface area contributed by atoms with E-state index in [-0.39, 0.29) is 17.7 Å². The van der Waals surface area contributed by atoms with Gasteiger partial charge in [0.25, 0.3) is 5.91 Å². The number of carbonyl (C=O) groups is 3. The first kappa shape index (κ1) is 30.2. The molecule has 0 saturated carbocycles. The predicted octanol–water partition coefficient (Wildman–Crippen LogP) is 3.85. The van der Waals surface area contributed by atoms with E-state index < -0.39 is 24.1 Å². The fraction of sp³-hybridized carbons (Fsp3) is 0.533. The number of fused-ring (bicyclic) bond motifs is 1. The second-order valence-electron chi connectivity index (χ2n) is 11.0. The van der Waals surface area contributed by atoms with Crippen molar-refractivity contribution in [3.05, 3.63) is 47.8 Å². The van der Waals surface area contributed by atoms with E-state index in [2.05, 4.69) is 65.2 Å². The number of amides is 2. The van der Waals surface area contributed by atoms with Crippen LogP contribution in [0.4, 0.5) is 0 Å². The number of carboxylic acids is 1. The molecule has 3 unspecified atom stereocenters. The lowest BCUT2D eigenvalue weighted by atomic mass is 10.00. The zero-order valence-corrected chi connectivity index (χ0v) is 23.7. The number of hydrogen-bond acceptors (Lipinski definition) is 6. The highest BCUT2D eigenvalue weighted by molar-refractivity contribution is 5.90. The van der Waals surface area contributed by atoms with Crippen molar-refractivity contribution in [3.63, 3.8) is 0 Å². The second kappa shape index (κ2) is 14.2. The monoisotopic (exact) mass is 537 g/mol. The van der Waals surface area contributed by atoms with Crippen LogP contribution < -0.4 is 16.1 Å². The number of nitrogens with zero attached hydrogens (tertiary/aromatic N) is 2. The SMILES string of the molecule is CC(NC(=O)C(NCCCC=Cc1cc2cc(C(C)C)ccc2cn1)C(C)C)C(=O)N1CCCC(C(=O)O)N1. The summed E-state index contributed by atoms with van der Waals surface area (Å²) in [6.07, 6.45) is 8.79. The van der Waals surface area contributed by atoms with Crippen molar-refractivity contribution in [1.82, 2.24) is 26.1 Å². The molecule has 3 rings (SSSR count). The summed E-state index contributed by atoms with van der Waals surface area (Å²) in [6, 6.07) is 6.61. The Morgan fingerprint density at radius 2 is 1.92 bits per heavy atom. The highest BCUT2D eigenvalue weighted by Crippen LogP contribution is 2.22. The minimum atomic E-state index is -0.989. The number of pyridine rings is 1. The molecule has 9 nitrogen and oxygen atoms in total. The van der Waals surface area contributed by atoms with Gasteiger partial charge in [0.15, 0.2) is 0 Å². The summed E-state index contributed by atoms with van der Waals surface area (Å²) in [5.74, 6) is -1.06. The number of aliphatic carboxylic acids is 1. The molecule has 1 fully saturated rings. The molecular weight excluding hydrogens is 494 g/mol. The minimum Gasteiger partial charge on any atom is -0.480 e. The summed E-state index contributed by atoms with van der Waals surface area (Å²) in [5.41, 5.74) is 4.98. The first-order valence-corrected chi connectivity index (χ1v) is 14.0. The fourth-order valence-corrected chi connectivity index (χ4v) is 4.66. The maximum absolute atomic E-state index is 13.0. The summed E-state index contributed by atoms with van der Waals surface area (Å²) in [6.45, 7) is 11.0. The minimum absolute atomic E-state index is 0.0323. The van der Waals surface area contributed by atoms with Gasteiger partial charge in [-0.15, -0.1) is 0 Å². The summed E-state index contributed by atoms with van der Waals surface area (Å²) in [4.78, 5) is 41.5. The molecule has 1 saturated heterocycles. The van der Waals surface area contributed by atoms with E-state index in [0.717, 1.165) is 23.9 Å². The molecule has 1 aromatic heterocycles. The number of carbonyl (C=O) groups excluding carboxylic acids is 2. The van der Waals surface area contributed by atoms with Crippen molar-refractivity contribution in [2.75, 3.05) is 13.1 Å². The number of nitrogens with one attached hydrogen (secondary N) is 3. The van der Waals surface area contributed by atoms with Gasteiger partial charge in [-0.2, -0.15) is 0 Å². The van der Waals surface area contributed by atoms with Crippen molar-refractivity contribution < 1.29 is 19.5 Å². The van der Waals surface area contributed by atoms with Crippen molar-refractivity contribution in [2.45, 2.75) is 84.3 Å². The highest BCUT2D eigenvalue weighted by Gasteiger charge is 2.31.